The first-order valence-corrected chi connectivity index (χ1v) is 9.08. The van der Waals surface area contributed by atoms with Gasteiger partial charge in [0.15, 0.2) is 11.6 Å². The first-order valence-electron chi connectivity index (χ1n) is 9.08. The van der Waals surface area contributed by atoms with Crippen LogP contribution >= 0.6 is 0 Å². The van der Waals surface area contributed by atoms with Gasteiger partial charge in [0, 0.05) is 31.8 Å². The summed E-state index contributed by atoms with van der Waals surface area (Å²) in [7, 11) is 0. The molecule has 1 unspecified atom stereocenters. The Balaban J connectivity index is 1.28. The van der Waals surface area contributed by atoms with Crippen molar-refractivity contribution in [3.05, 3.63) is 30.1 Å². The van der Waals surface area contributed by atoms with Gasteiger partial charge in [-0.15, -0.1) is 10.2 Å². The van der Waals surface area contributed by atoms with Crippen LogP contribution in [0, 0.1) is 12.8 Å². The van der Waals surface area contributed by atoms with Crippen LogP contribution in [-0.4, -0.2) is 59.0 Å². The highest BCUT2D eigenvalue weighted by Gasteiger charge is 2.23. The second-order valence-corrected chi connectivity index (χ2v) is 6.90. The quantitative estimate of drug-likeness (QED) is 0.827. The summed E-state index contributed by atoms with van der Waals surface area (Å²) in [6, 6.07) is 5.95. The Bertz CT molecular complexity index is 673. The first-order chi connectivity index (χ1) is 12.3. The number of aryl methyl sites for hydroxylation is 1. The van der Waals surface area contributed by atoms with E-state index < -0.39 is 0 Å². The van der Waals surface area contributed by atoms with E-state index in [1.807, 2.05) is 31.3 Å². The number of hydrogen-bond donors (Lipinski definition) is 0. The Hall–Kier alpha value is -1.99. The van der Waals surface area contributed by atoms with Crippen molar-refractivity contribution in [2.75, 3.05) is 37.8 Å². The standard InChI is InChI=1S/C18H25N5O2/c1-14-4-10-23(21-14)18-3-2-17(19-20-18)22-8-5-16(6-9-22)25-13-15-7-11-24-12-15/h2-4,10,15-16H,5-9,11-13H2,1H3. The highest BCUT2D eigenvalue weighted by molar-refractivity contribution is 5.40. The van der Waals surface area contributed by atoms with E-state index in [9.17, 15) is 0 Å². The number of anilines is 1. The molecule has 0 amide bonds. The average molecular weight is 343 g/mol. The van der Waals surface area contributed by atoms with E-state index in [0.29, 0.717) is 12.0 Å². The number of aromatic nitrogens is 4. The Morgan fingerprint density at radius 1 is 1.12 bits per heavy atom. The van der Waals surface area contributed by atoms with Crippen LogP contribution in [-0.2, 0) is 9.47 Å². The van der Waals surface area contributed by atoms with Gasteiger partial charge in [-0.1, -0.05) is 0 Å². The first kappa shape index (κ1) is 16.5. The molecule has 1 atom stereocenters. The Labute approximate surface area is 147 Å². The third-order valence-electron chi connectivity index (χ3n) is 4.95. The summed E-state index contributed by atoms with van der Waals surface area (Å²) < 4.78 is 13.2. The van der Waals surface area contributed by atoms with Gasteiger partial charge in [-0.25, -0.2) is 4.68 Å². The molecule has 7 nitrogen and oxygen atoms in total. The van der Waals surface area contributed by atoms with Crippen LogP contribution in [0.15, 0.2) is 24.4 Å². The number of hydrogen-bond acceptors (Lipinski definition) is 6. The molecule has 0 N–H and O–H groups in total. The molecule has 2 saturated heterocycles. The molecule has 0 aromatic carbocycles. The molecule has 4 rings (SSSR count). The minimum absolute atomic E-state index is 0.358. The number of piperidine rings is 1. The number of nitrogens with zero attached hydrogens (tertiary/aromatic N) is 5. The van der Waals surface area contributed by atoms with E-state index in [0.717, 1.165) is 69.5 Å². The van der Waals surface area contributed by atoms with Crippen LogP contribution in [0.25, 0.3) is 5.82 Å². The maximum atomic E-state index is 6.08. The number of ether oxygens (including phenoxy) is 2. The lowest BCUT2D eigenvalue weighted by Crippen LogP contribution is -2.38. The topological polar surface area (TPSA) is 65.3 Å². The molecule has 7 heteroatoms. The van der Waals surface area contributed by atoms with Gasteiger partial charge in [0.25, 0.3) is 0 Å². The Kier molecular flexibility index (Phi) is 4.94. The van der Waals surface area contributed by atoms with Gasteiger partial charge in [-0.3, -0.25) is 0 Å². The van der Waals surface area contributed by atoms with Crippen LogP contribution in [0.2, 0.25) is 0 Å². The zero-order valence-electron chi connectivity index (χ0n) is 14.7. The molecule has 0 bridgehead atoms. The molecule has 4 heterocycles. The minimum atomic E-state index is 0.358. The molecule has 0 saturated carbocycles. The molecular formula is C18H25N5O2. The van der Waals surface area contributed by atoms with E-state index in [1.165, 1.54) is 0 Å². The van der Waals surface area contributed by atoms with Gasteiger partial charge in [-0.05, 0) is 44.4 Å². The monoisotopic (exact) mass is 343 g/mol. The third kappa shape index (κ3) is 3.99. The molecule has 0 spiro atoms. The molecule has 2 aliphatic rings. The van der Waals surface area contributed by atoms with Crippen LogP contribution < -0.4 is 4.90 Å². The van der Waals surface area contributed by atoms with E-state index in [1.54, 1.807) is 4.68 Å². The Morgan fingerprint density at radius 2 is 1.92 bits per heavy atom. The maximum absolute atomic E-state index is 6.08. The lowest BCUT2D eigenvalue weighted by Gasteiger charge is -2.32. The van der Waals surface area contributed by atoms with Gasteiger partial charge < -0.3 is 14.4 Å². The maximum Gasteiger partial charge on any atom is 0.175 e. The van der Waals surface area contributed by atoms with Crippen LogP contribution in [0.4, 0.5) is 5.82 Å². The van der Waals surface area contributed by atoms with Crippen molar-refractivity contribution >= 4 is 5.82 Å². The second-order valence-electron chi connectivity index (χ2n) is 6.90. The lowest BCUT2D eigenvalue weighted by atomic mass is 10.1. The normalized spacial score (nSPS) is 21.8. The molecule has 0 radical (unpaired) electrons. The molecule has 25 heavy (non-hydrogen) atoms. The van der Waals surface area contributed by atoms with Crippen LogP contribution in [0.1, 0.15) is 25.0 Å². The van der Waals surface area contributed by atoms with Crippen molar-refractivity contribution in [2.45, 2.75) is 32.3 Å². The lowest BCUT2D eigenvalue weighted by molar-refractivity contribution is 0.0131. The van der Waals surface area contributed by atoms with E-state index in [4.69, 9.17) is 9.47 Å². The third-order valence-corrected chi connectivity index (χ3v) is 4.95. The summed E-state index contributed by atoms with van der Waals surface area (Å²) in [6.07, 6.45) is 5.47. The molecule has 2 aromatic heterocycles. The summed E-state index contributed by atoms with van der Waals surface area (Å²) in [5.74, 6) is 2.26. The van der Waals surface area contributed by atoms with Crippen LogP contribution in [0.3, 0.4) is 0 Å². The summed E-state index contributed by atoms with van der Waals surface area (Å²) in [6.45, 7) is 6.46. The summed E-state index contributed by atoms with van der Waals surface area (Å²) in [5.41, 5.74) is 0.970. The molecule has 0 aliphatic carbocycles. The minimum Gasteiger partial charge on any atom is -0.381 e. The van der Waals surface area contributed by atoms with E-state index in [-0.39, 0.29) is 0 Å². The number of rotatable bonds is 5. The van der Waals surface area contributed by atoms with Crippen molar-refractivity contribution in [3.8, 4) is 5.82 Å². The zero-order valence-corrected chi connectivity index (χ0v) is 14.7. The van der Waals surface area contributed by atoms with Gasteiger partial charge in [0.1, 0.15) is 0 Å². The van der Waals surface area contributed by atoms with Crippen LogP contribution in [0.5, 0.6) is 0 Å². The van der Waals surface area contributed by atoms with Crippen molar-refractivity contribution in [1.29, 1.82) is 0 Å². The predicted molar refractivity (Wildman–Crippen MR) is 94.0 cm³/mol. The van der Waals surface area contributed by atoms with Crippen molar-refractivity contribution < 1.29 is 9.47 Å². The van der Waals surface area contributed by atoms with E-state index in [2.05, 4.69) is 20.2 Å². The van der Waals surface area contributed by atoms with Gasteiger partial charge >= 0.3 is 0 Å². The van der Waals surface area contributed by atoms with Crippen molar-refractivity contribution in [2.24, 2.45) is 5.92 Å². The van der Waals surface area contributed by atoms with Crippen molar-refractivity contribution in [3.63, 3.8) is 0 Å². The summed E-state index contributed by atoms with van der Waals surface area (Å²) >= 11 is 0. The zero-order chi connectivity index (χ0) is 17.1. The fourth-order valence-corrected chi connectivity index (χ4v) is 3.39. The highest BCUT2D eigenvalue weighted by atomic mass is 16.5. The average Bonchev–Trinajstić information content (AvgIpc) is 3.32. The molecular weight excluding hydrogens is 318 g/mol. The molecule has 2 fully saturated rings. The van der Waals surface area contributed by atoms with Crippen molar-refractivity contribution in [1.82, 2.24) is 20.0 Å². The fraction of sp³-hybridized carbons (Fsp3) is 0.611. The van der Waals surface area contributed by atoms with Gasteiger partial charge in [0.05, 0.1) is 25.0 Å². The molecule has 134 valence electrons. The SMILES string of the molecule is Cc1ccn(-c2ccc(N3CCC(OCC4CCOC4)CC3)nn2)n1. The Morgan fingerprint density at radius 3 is 2.56 bits per heavy atom. The van der Waals surface area contributed by atoms with Gasteiger partial charge in [0.2, 0.25) is 0 Å². The van der Waals surface area contributed by atoms with E-state index >= 15 is 0 Å². The molecule has 2 aliphatic heterocycles. The largest absolute Gasteiger partial charge is 0.381 e. The molecule has 2 aromatic rings. The van der Waals surface area contributed by atoms with Gasteiger partial charge in [-0.2, -0.15) is 5.10 Å². The fourth-order valence-electron chi connectivity index (χ4n) is 3.39. The second kappa shape index (κ2) is 7.49. The predicted octanol–water partition coefficient (Wildman–Crippen LogP) is 1.99. The smallest absolute Gasteiger partial charge is 0.175 e. The summed E-state index contributed by atoms with van der Waals surface area (Å²) in [5, 5.41) is 13.0. The summed E-state index contributed by atoms with van der Waals surface area (Å²) in [4.78, 5) is 2.28. The highest BCUT2D eigenvalue weighted by Crippen LogP contribution is 2.21.